The Hall–Kier alpha value is -0.460. The van der Waals surface area contributed by atoms with E-state index in [1.807, 2.05) is 6.92 Å². The molecule has 1 nitrogen and oxygen atoms in total. The fourth-order valence-electron chi connectivity index (χ4n) is 0.862. The monoisotopic (exact) mass is 128 g/mol. The minimum Gasteiger partial charge on any atom is -0.498 e. The molecule has 0 aromatic heterocycles. The van der Waals surface area contributed by atoms with Crippen molar-refractivity contribution in [3.8, 4) is 0 Å². The lowest BCUT2D eigenvalue weighted by Gasteiger charge is -2.15. The molecule has 54 valence electrons. The Kier molecular flexibility index (Phi) is 3.36. The van der Waals surface area contributed by atoms with Crippen LogP contribution < -0.4 is 0 Å². The van der Waals surface area contributed by atoms with E-state index in [9.17, 15) is 0 Å². The first-order chi connectivity index (χ1) is 3.80. The Morgan fingerprint density at radius 2 is 2.00 bits per heavy atom. The van der Waals surface area contributed by atoms with Gasteiger partial charge in [0, 0.05) is 0 Å². The Morgan fingerprint density at radius 1 is 1.33 bits per heavy atom. The van der Waals surface area contributed by atoms with E-state index in [0.717, 1.165) is 12.4 Å². The molecule has 1 heteroatoms. The summed E-state index contributed by atoms with van der Waals surface area (Å²) in [5, 5.41) is 0. The molecule has 0 spiro atoms. The smallest absolute Gasteiger partial charge is 0.0918 e. The molecule has 0 amide bonds. The van der Waals surface area contributed by atoms with Gasteiger partial charge >= 0.3 is 0 Å². The van der Waals surface area contributed by atoms with Crippen molar-refractivity contribution < 1.29 is 4.74 Å². The number of hydrogen-bond donors (Lipinski definition) is 0. The highest BCUT2D eigenvalue weighted by Gasteiger charge is 2.03. The van der Waals surface area contributed by atoms with Gasteiger partial charge in [-0.25, -0.2) is 0 Å². The fraction of sp³-hybridized carbons (Fsp3) is 0.750. The van der Waals surface area contributed by atoms with E-state index in [2.05, 4.69) is 6.92 Å². The van der Waals surface area contributed by atoms with Gasteiger partial charge in [0.1, 0.15) is 0 Å². The molecule has 1 aliphatic rings. The van der Waals surface area contributed by atoms with Crippen LogP contribution in [0, 0.1) is 0 Å². The molecule has 0 unspecified atom stereocenters. The average molecular weight is 128 g/mol. The van der Waals surface area contributed by atoms with Gasteiger partial charge in [0.15, 0.2) is 0 Å². The molecule has 0 aromatic carbocycles. The highest BCUT2D eigenvalue weighted by atomic mass is 16.5. The molecule has 0 aromatic rings. The molecule has 0 saturated carbocycles. The van der Waals surface area contributed by atoms with Crippen LogP contribution in [0.3, 0.4) is 0 Å². The molecule has 0 aliphatic carbocycles. The first-order valence-corrected chi connectivity index (χ1v) is 3.10. The topological polar surface area (TPSA) is 9.23 Å². The third kappa shape index (κ3) is 2.08. The van der Waals surface area contributed by atoms with Crippen molar-refractivity contribution in [2.45, 2.75) is 34.1 Å². The Balaban J connectivity index is 0.000000640. The lowest BCUT2D eigenvalue weighted by molar-refractivity contribution is 0.189. The van der Waals surface area contributed by atoms with Gasteiger partial charge in [-0.15, -0.1) is 0 Å². The molecule has 0 N–H and O–H groups in total. The molecular formula is C8H16O. The van der Waals surface area contributed by atoms with Crippen LogP contribution in [-0.2, 0) is 4.74 Å². The lowest BCUT2D eigenvalue weighted by Crippen LogP contribution is -2.01. The van der Waals surface area contributed by atoms with Gasteiger partial charge in [-0.2, -0.15) is 0 Å². The maximum absolute atomic E-state index is 5.27. The first kappa shape index (κ1) is 8.54. The van der Waals surface area contributed by atoms with Crippen LogP contribution in [0.4, 0.5) is 0 Å². The van der Waals surface area contributed by atoms with Gasteiger partial charge in [-0.05, 0) is 32.3 Å². The predicted octanol–water partition coefficient (Wildman–Crippen LogP) is 2.73. The van der Waals surface area contributed by atoms with E-state index in [1.54, 1.807) is 0 Å². The van der Waals surface area contributed by atoms with Crippen LogP contribution in [-0.4, -0.2) is 6.61 Å². The standard InChI is InChI=1S/C7H12O.CH4/c1-6-4-3-5-8-7(6)2;/h3-5H2,1-2H3;1H4. The van der Waals surface area contributed by atoms with E-state index in [0.29, 0.717) is 0 Å². The van der Waals surface area contributed by atoms with Crippen LogP contribution in [0.5, 0.6) is 0 Å². The molecule has 9 heavy (non-hydrogen) atoms. The van der Waals surface area contributed by atoms with Gasteiger partial charge in [-0.1, -0.05) is 7.43 Å². The van der Waals surface area contributed by atoms with E-state index in [4.69, 9.17) is 4.74 Å². The maximum Gasteiger partial charge on any atom is 0.0918 e. The molecule has 1 aliphatic heterocycles. The summed E-state index contributed by atoms with van der Waals surface area (Å²) in [6, 6.07) is 0. The van der Waals surface area contributed by atoms with Crippen LogP contribution in [0.15, 0.2) is 11.3 Å². The zero-order valence-corrected chi connectivity index (χ0v) is 5.53. The highest BCUT2D eigenvalue weighted by molar-refractivity contribution is 5.04. The van der Waals surface area contributed by atoms with Crippen LogP contribution in [0.25, 0.3) is 0 Å². The Labute approximate surface area is 57.7 Å². The molecule has 0 radical (unpaired) electrons. The summed E-state index contributed by atoms with van der Waals surface area (Å²) < 4.78 is 5.27. The van der Waals surface area contributed by atoms with Crippen molar-refractivity contribution in [3.63, 3.8) is 0 Å². The normalized spacial score (nSPS) is 18.4. The number of hydrogen-bond acceptors (Lipinski definition) is 1. The predicted molar refractivity (Wildman–Crippen MR) is 40.3 cm³/mol. The van der Waals surface area contributed by atoms with Crippen LogP contribution in [0.1, 0.15) is 34.1 Å². The summed E-state index contributed by atoms with van der Waals surface area (Å²) in [6.07, 6.45) is 2.43. The summed E-state index contributed by atoms with van der Waals surface area (Å²) >= 11 is 0. The largest absolute Gasteiger partial charge is 0.498 e. The second-order valence-electron chi connectivity index (χ2n) is 2.29. The Morgan fingerprint density at radius 3 is 2.33 bits per heavy atom. The second-order valence-corrected chi connectivity index (χ2v) is 2.29. The number of allylic oxidation sites excluding steroid dienone is 2. The lowest BCUT2D eigenvalue weighted by atomic mass is 10.1. The minimum atomic E-state index is 0. The van der Waals surface area contributed by atoms with E-state index >= 15 is 0 Å². The molecule has 0 atom stereocenters. The third-order valence-electron chi connectivity index (χ3n) is 1.62. The van der Waals surface area contributed by atoms with Gasteiger partial charge in [0.05, 0.1) is 12.4 Å². The summed E-state index contributed by atoms with van der Waals surface area (Å²) in [7, 11) is 0. The van der Waals surface area contributed by atoms with Gasteiger partial charge in [0.25, 0.3) is 0 Å². The van der Waals surface area contributed by atoms with Gasteiger partial charge < -0.3 is 4.74 Å². The quantitative estimate of drug-likeness (QED) is 0.487. The summed E-state index contributed by atoms with van der Waals surface area (Å²) in [5.41, 5.74) is 1.41. The maximum atomic E-state index is 5.27. The van der Waals surface area contributed by atoms with Crippen molar-refractivity contribution in [1.82, 2.24) is 0 Å². The number of ether oxygens (including phenoxy) is 1. The van der Waals surface area contributed by atoms with Gasteiger partial charge in [0.2, 0.25) is 0 Å². The Bertz CT molecular complexity index is 99.7. The zero-order valence-electron chi connectivity index (χ0n) is 5.53. The van der Waals surface area contributed by atoms with Crippen molar-refractivity contribution >= 4 is 0 Å². The molecule has 1 rings (SSSR count). The molecule has 0 saturated heterocycles. The first-order valence-electron chi connectivity index (χ1n) is 3.10. The molecule has 0 fully saturated rings. The van der Waals surface area contributed by atoms with E-state index in [1.165, 1.54) is 18.4 Å². The number of rotatable bonds is 0. The van der Waals surface area contributed by atoms with Crippen molar-refractivity contribution in [3.05, 3.63) is 11.3 Å². The third-order valence-corrected chi connectivity index (χ3v) is 1.62. The van der Waals surface area contributed by atoms with Crippen molar-refractivity contribution in [1.29, 1.82) is 0 Å². The minimum absolute atomic E-state index is 0. The van der Waals surface area contributed by atoms with Crippen molar-refractivity contribution in [2.24, 2.45) is 0 Å². The summed E-state index contributed by atoms with van der Waals surface area (Å²) in [4.78, 5) is 0. The molecule has 0 bridgehead atoms. The van der Waals surface area contributed by atoms with Crippen LogP contribution >= 0.6 is 0 Å². The summed E-state index contributed by atoms with van der Waals surface area (Å²) in [5.74, 6) is 1.14. The van der Waals surface area contributed by atoms with E-state index in [-0.39, 0.29) is 7.43 Å². The molecular weight excluding hydrogens is 112 g/mol. The SMILES string of the molecule is C.CC1=C(C)OCCC1. The fourth-order valence-corrected chi connectivity index (χ4v) is 0.862. The van der Waals surface area contributed by atoms with Gasteiger partial charge in [-0.3, -0.25) is 0 Å². The van der Waals surface area contributed by atoms with Crippen molar-refractivity contribution in [2.75, 3.05) is 6.61 Å². The highest BCUT2D eigenvalue weighted by Crippen LogP contribution is 2.16. The summed E-state index contributed by atoms with van der Waals surface area (Å²) in [6.45, 7) is 5.09. The average Bonchev–Trinajstić information content (AvgIpc) is 1.77. The van der Waals surface area contributed by atoms with E-state index < -0.39 is 0 Å². The van der Waals surface area contributed by atoms with Crippen LogP contribution in [0.2, 0.25) is 0 Å². The second kappa shape index (κ2) is 3.54. The molecule has 1 heterocycles. The zero-order chi connectivity index (χ0) is 5.98.